The Bertz CT molecular complexity index is 9470. The highest BCUT2D eigenvalue weighted by molar-refractivity contribution is 7.26. The first-order valence-electron chi connectivity index (χ1n) is 47.3. The van der Waals surface area contributed by atoms with E-state index in [2.05, 4.69) is 258 Å². The average Bonchev–Trinajstić information content (AvgIpc) is 1.56. The van der Waals surface area contributed by atoms with Crippen molar-refractivity contribution in [1.29, 1.82) is 0 Å². The van der Waals surface area contributed by atoms with Crippen LogP contribution in [0.1, 0.15) is 49.9 Å². The van der Waals surface area contributed by atoms with Gasteiger partial charge in [0.15, 0.2) is 0 Å². The Balaban J connectivity index is 0.0000000896. The summed E-state index contributed by atoms with van der Waals surface area (Å²) in [5, 5.41) is 9.72. The van der Waals surface area contributed by atoms with Crippen molar-refractivity contribution in [3.05, 3.63) is 460 Å². The van der Waals surface area contributed by atoms with Gasteiger partial charge in [0.1, 0.15) is 22.3 Å². The van der Waals surface area contributed by atoms with Crippen LogP contribution in [-0.4, -0.2) is 59.8 Å². The number of hydrogen-bond donors (Lipinski definition) is 0. The van der Waals surface area contributed by atoms with Crippen LogP contribution in [0.2, 0.25) is 0 Å². The Morgan fingerprint density at radius 1 is 0.197 bits per heavy atom. The summed E-state index contributed by atoms with van der Waals surface area (Å²) in [5.74, 6) is 0. The third kappa shape index (κ3) is 15.7. The molecule has 0 radical (unpaired) electrons. The van der Waals surface area contributed by atoms with Crippen molar-refractivity contribution in [3.8, 4) is 89.8 Å². The lowest BCUT2D eigenvalue weighted by atomic mass is 9.79. The molecule has 0 unspecified atom stereocenters. The van der Waals surface area contributed by atoms with E-state index in [4.69, 9.17) is 38.7 Å². The van der Waals surface area contributed by atoms with E-state index in [1.807, 2.05) is 260 Å². The zero-order chi connectivity index (χ0) is 94.9. The minimum Gasteiger partial charge on any atom is -0.456 e. The van der Waals surface area contributed by atoms with E-state index in [-0.39, 0.29) is 10.8 Å². The van der Waals surface area contributed by atoms with Crippen molar-refractivity contribution >= 4 is 173 Å². The van der Waals surface area contributed by atoms with E-state index in [0.29, 0.717) is 0 Å². The second-order valence-electron chi connectivity index (χ2n) is 36.5. The van der Waals surface area contributed by atoms with Crippen LogP contribution in [0.5, 0.6) is 0 Å². The highest BCUT2D eigenvalue weighted by atomic mass is 32.1. The highest BCUT2D eigenvalue weighted by Gasteiger charge is 2.39. The number of hydrogen-bond acceptors (Lipinski definition) is 16. The molecule has 0 aliphatic heterocycles. The summed E-state index contributed by atoms with van der Waals surface area (Å²) in [6.45, 7) is 9.20. The number of furan rings is 2. The molecule has 18 aromatic carbocycles. The van der Waals surface area contributed by atoms with Gasteiger partial charge < -0.3 is 8.83 Å². The Labute approximate surface area is 823 Å². The Morgan fingerprint density at radius 2 is 0.521 bits per heavy atom. The zero-order valence-corrected chi connectivity index (χ0v) is 79.2. The van der Waals surface area contributed by atoms with Gasteiger partial charge in [0.05, 0.1) is 138 Å². The molecule has 16 heteroatoms. The van der Waals surface area contributed by atoms with Crippen LogP contribution in [0, 0.1) is 0 Å². The monoisotopic (exact) mass is 1860 g/mol. The van der Waals surface area contributed by atoms with E-state index in [0.717, 1.165) is 172 Å². The Morgan fingerprint density at radius 3 is 1.06 bits per heavy atom. The first-order valence-corrected chi connectivity index (χ1v) is 48.9. The van der Waals surface area contributed by atoms with Gasteiger partial charge in [0.2, 0.25) is 0 Å². The summed E-state index contributed by atoms with van der Waals surface area (Å²) >= 11 is 3.65. The molecule has 14 nitrogen and oxygen atoms in total. The molecule has 2 aliphatic carbocycles. The third-order valence-corrected chi connectivity index (χ3v) is 29.5. The molecule has 0 spiro atoms. The maximum absolute atomic E-state index is 6.08. The molecule has 0 saturated carbocycles. The van der Waals surface area contributed by atoms with Gasteiger partial charge >= 0.3 is 0 Å². The fraction of sp³-hybridized carbons (Fsp3) is 0.0476. The number of benzene rings is 18. The fourth-order valence-corrected chi connectivity index (χ4v) is 22.5. The van der Waals surface area contributed by atoms with Crippen molar-refractivity contribution in [1.82, 2.24) is 59.8 Å². The van der Waals surface area contributed by atoms with Gasteiger partial charge in [0, 0.05) is 106 Å². The lowest BCUT2D eigenvalue weighted by Crippen LogP contribution is -2.16. The van der Waals surface area contributed by atoms with Gasteiger partial charge in [-0.2, -0.15) is 0 Å². The van der Waals surface area contributed by atoms with E-state index in [9.17, 15) is 0 Å². The van der Waals surface area contributed by atoms with Crippen LogP contribution in [0.15, 0.2) is 446 Å². The quantitative estimate of drug-likeness (QED) is 0.153. The molecule has 2 aliphatic rings. The number of para-hydroxylation sites is 15. The lowest BCUT2D eigenvalue weighted by Gasteiger charge is -2.24. The number of fused-ring (bicyclic) bond motifs is 24. The topological polar surface area (TPSA) is 181 Å². The van der Waals surface area contributed by atoms with Gasteiger partial charge in [-0.15, -0.1) is 22.7 Å². The molecular weight excluding hydrogens is 1780 g/mol. The Kier molecular flexibility index (Phi) is 21.6. The first-order chi connectivity index (χ1) is 69.9. The largest absolute Gasteiger partial charge is 0.456 e. The van der Waals surface area contributed by atoms with Crippen molar-refractivity contribution in [2.24, 2.45) is 0 Å². The smallest absolute Gasteiger partial charge is 0.144 e. The van der Waals surface area contributed by atoms with E-state index >= 15 is 0 Å². The van der Waals surface area contributed by atoms with E-state index < -0.39 is 0 Å². The summed E-state index contributed by atoms with van der Waals surface area (Å²) in [6, 6.07) is 137. The Hall–Kier alpha value is -18.0. The molecule has 0 fully saturated rings. The lowest BCUT2D eigenvalue weighted by molar-refractivity contribution is 0.660. The molecule has 0 N–H and O–H groups in total. The fourth-order valence-electron chi connectivity index (χ4n) is 20.1. The molecule has 0 bridgehead atoms. The average molecular weight is 1860 g/mol. The number of rotatable bonds is 6. The maximum Gasteiger partial charge on any atom is 0.144 e. The van der Waals surface area contributed by atoms with Crippen molar-refractivity contribution in [2.45, 2.75) is 38.5 Å². The predicted octanol–water partition coefficient (Wildman–Crippen LogP) is 32.9. The van der Waals surface area contributed by atoms with Gasteiger partial charge in [0.25, 0.3) is 0 Å². The van der Waals surface area contributed by atoms with Crippen LogP contribution in [0.3, 0.4) is 0 Å². The highest BCUT2D eigenvalue weighted by Crippen LogP contribution is 2.53. The van der Waals surface area contributed by atoms with Gasteiger partial charge in [-0.05, 0) is 172 Å². The third-order valence-electron chi connectivity index (χ3n) is 27.1. The molecule has 0 saturated heterocycles. The van der Waals surface area contributed by atoms with E-state index in [1.165, 1.54) is 90.4 Å². The van der Waals surface area contributed by atoms with Gasteiger partial charge in [-0.3, -0.25) is 29.9 Å². The summed E-state index contributed by atoms with van der Waals surface area (Å²) in [6.07, 6.45) is 11.1. The van der Waals surface area contributed by atoms with Crippen LogP contribution in [0.25, 0.3) is 240 Å². The molecule has 0 atom stereocenters. The van der Waals surface area contributed by atoms with Crippen molar-refractivity contribution in [3.63, 3.8) is 0 Å². The minimum absolute atomic E-state index is 0.00616. The van der Waals surface area contributed by atoms with Gasteiger partial charge in [-0.25, -0.2) is 29.9 Å². The summed E-state index contributed by atoms with van der Waals surface area (Å²) in [7, 11) is 0. The van der Waals surface area contributed by atoms with Crippen molar-refractivity contribution < 1.29 is 8.83 Å². The van der Waals surface area contributed by atoms with Crippen LogP contribution < -0.4 is 0 Å². The molecule has 672 valence electrons. The zero-order valence-electron chi connectivity index (χ0n) is 77.6. The second kappa shape index (κ2) is 35.9. The molecule has 10 aromatic heterocycles. The summed E-state index contributed by atoms with van der Waals surface area (Å²) < 4.78 is 17.2. The minimum atomic E-state index is -0.0458. The molecule has 10 heterocycles. The maximum atomic E-state index is 6.08. The van der Waals surface area contributed by atoms with Crippen LogP contribution >= 0.6 is 22.7 Å². The summed E-state index contributed by atoms with van der Waals surface area (Å²) in [5.41, 5.74) is 37.3. The molecule has 142 heavy (non-hydrogen) atoms. The van der Waals surface area contributed by atoms with Crippen LogP contribution in [-0.2, 0) is 10.8 Å². The molecule has 0 amide bonds. The molecule has 30 rings (SSSR count). The molecular formula is C126H84N12O2S2. The number of nitrogens with zero attached hydrogens (tertiary/aromatic N) is 12. The summed E-state index contributed by atoms with van der Waals surface area (Å²) in [4.78, 5) is 56.0. The molecule has 28 aromatic rings. The first kappa shape index (κ1) is 85.7. The van der Waals surface area contributed by atoms with E-state index in [1.54, 1.807) is 0 Å². The predicted molar refractivity (Wildman–Crippen MR) is 585 cm³/mol. The normalized spacial score (nSPS) is 12.5. The van der Waals surface area contributed by atoms with Gasteiger partial charge in [-0.1, -0.05) is 301 Å². The standard InChI is InChI=1S/2C23H18N2.2C20H12N2O.2C20H12N2S/c1-23(2)18-11-4-3-8-15(18)16-9-7-10-17(22(16)23)21-14-24-19-12-5-6-13-20(19)25-21;1-23(2)18-8-4-3-7-16(18)17-12-11-15(13-19(17)23)22-14-24-20-9-5-6-10-21(20)25-22;1-4-11-19-13(6-1)14-7-5-8-15(20(14)23-19)18-12-21-16-9-2-3-10-17(16)22-18;1-4-8-19-14(5-1)15-10-9-13(11-20(15)23-19)18-12-21-16-6-2-3-7-17(16)22-18;1-4-11-19-13(6-1)14-7-5-8-15(20(14)23-19)18-12-21-16-9-2-3-10-17(16)22-18;1-4-8-19-14(5-1)15-10-9-13(11-20(15)23-19)18-12-21-16-6-2-3-7-17(16)22-18/h2*3-14H,1-2H3;4*1-12H. The van der Waals surface area contributed by atoms with Crippen LogP contribution in [0.4, 0.5) is 0 Å². The second-order valence-corrected chi connectivity index (χ2v) is 38.6. The number of aromatic nitrogens is 12. The SMILES string of the molecule is CC1(C)c2ccccc2-c2ccc(-c3cnc4ccccc4n3)cc21.CC1(C)c2ccccc2-c2cccc(-c3cnc4ccccc4n3)c21.c1ccc2nc(-c3ccc4c(c3)oc3ccccc34)cnc2c1.c1ccc2nc(-c3ccc4c(c3)sc3ccccc34)cnc2c1.c1ccc2nc(-c3cccc4c3oc3ccccc34)cnc2c1.c1ccc2nc(-c3cccc4c3sc3ccccc34)cnc2c1. The number of thiophene rings is 2. The van der Waals surface area contributed by atoms with Crippen molar-refractivity contribution in [2.75, 3.05) is 0 Å².